The van der Waals surface area contributed by atoms with Crippen LogP contribution in [0.15, 0.2) is 18.3 Å². The number of thiazole rings is 1. The molecule has 3 aromatic rings. The Morgan fingerprint density at radius 1 is 1.40 bits per heavy atom. The molecule has 3 aromatic heterocycles. The molecule has 0 atom stereocenters. The average Bonchev–Trinajstić information content (AvgIpc) is 3.12. The number of pyridine rings is 1. The van der Waals surface area contributed by atoms with Gasteiger partial charge in [-0.2, -0.15) is 0 Å². The van der Waals surface area contributed by atoms with E-state index in [1.54, 1.807) is 11.3 Å². The molecule has 0 amide bonds. The smallest absolute Gasteiger partial charge is 0.160 e. The van der Waals surface area contributed by atoms with Crippen LogP contribution < -0.4 is 5.73 Å². The van der Waals surface area contributed by atoms with Gasteiger partial charge in [0.15, 0.2) is 11.5 Å². The molecular weight excluding hydrogens is 270 g/mol. The van der Waals surface area contributed by atoms with E-state index in [-0.39, 0.29) is 0 Å². The molecule has 0 aliphatic heterocycles. The second kappa shape index (κ2) is 4.36. The van der Waals surface area contributed by atoms with Gasteiger partial charge in [-0.3, -0.25) is 0 Å². The number of nitrogens with zero attached hydrogens (tertiary/aromatic N) is 4. The summed E-state index contributed by atoms with van der Waals surface area (Å²) in [4.78, 5) is 14.9. The van der Waals surface area contributed by atoms with E-state index in [0.717, 1.165) is 32.6 Å². The summed E-state index contributed by atoms with van der Waals surface area (Å²) in [5.74, 6) is 0.996. The SMILES string of the molecule is Cc1nc(CN)sc1-c1nc2cccnc2n1C1CC1. The van der Waals surface area contributed by atoms with E-state index in [0.29, 0.717) is 12.6 Å². The highest BCUT2D eigenvalue weighted by Crippen LogP contribution is 2.42. The lowest BCUT2D eigenvalue weighted by molar-refractivity contribution is 0.767. The molecule has 1 aliphatic rings. The first kappa shape index (κ1) is 12.0. The number of fused-ring (bicyclic) bond motifs is 1. The summed E-state index contributed by atoms with van der Waals surface area (Å²) in [6.45, 7) is 2.50. The number of imidazole rings is 1. The van der Waals surface area contributed by atoms with Crippen molar-refractivity contribution >= 4 is 22.5 Å². The zero-order chi connectivity index (χ0) is 13.7. The van der Waals surface area contributed by atoms with Crippen molar-refractivity contribution in [2.45, 2.75) is 32.4 Å². The number of hydrogen-bond acceptors (Lipinski definition) is 5. The normalized spacial score (nSPS) is 15.1. The molecule has 0 aromatic carbocycles. The first-order valence-corrected chi connectivity index (χ1v) is 7.59. The van der Waals surface area contributed by atoms with Gasteiger partial charge in [-0.05, 0) is 31.9 Å². The molecule has 1 saturated carbocycles. The molecule has 0 bridgehead atoms. The summed E-state index contributed by atoms with van der Waals surface area (Å²) in [6, 6.07) is 4.49. The summed E-state index contributed by atoms with van der Waals surface area (Å²) in [7, 11) is 0. The molecule has 1 fully saturated rings. The lowest BCUT2D eigenvalue weighted by Crippen LogP contribution is -1.98. The van der Waals surface area contributed by atoms with E-state index in [9.17, 15) is 0 Å². The van der Waals surface area contributed by atoms with Gasteiger partial charge in [-0.15, -0.1) is 11.3 Å². The second-order valence-corrected chi connectivity index (χ2v) is 6.19. The van der Waals surface area contributed by atoms with Gasteiger partial charge in [-0.1, -0.05) is 0 Å². The van der Waals surface area contributed by atoms with Gasteiger partial charge in [0.2, 0.25) is 0 Å². The van der Waals surface area contributed by atoms with Crippen molar-refractivity contribution in [3.05, 3.63) is 29.0 Å². The monoisotopic (exact) mass is 285 g/mol. The third kappa shape index (κ3) is 1.76. The Balaban J connectivity index is 1.98. The Hall–Kier alpha value is -1.79. The van der Waals surface area contributed by atoms with Crippen LogP contribution in [0.5, 0.6) is 0 Å². The van der Waals surface area contributed by atoms with E-state index in [1.807, 2.05) is 25.3 Å². The Labute approximate surface area is 120 Å². The summed E-state index contributed by atoms with van der Waals surface area (Å²) in [5, 5.41) is 0.958. The molecule has 1 aliphatic carbocycles. The van der Waals surface area contributed by atoms with Gasteiger partial charge < -0.3 is 10.3 Å². The molecule has 0 saturated heterocycles. The maximum Gasteiger partial charge on any atom is 0.160 e. The van der Waals surface area contributed by atoms with Crippen molar-refractivity contribution in [2.75, 3.05) is 0 Å². The lowest BCUT2D eigenvalue weighted by atomic mass is 10.3. The van der Waals surface area contributed by atoms with Crippen LogP contribution in [-0.4, -0.2) is 19.5 Å². The van der Waals surface area contributed by atoms with Crippen LogP contribution in [0.2, 0.25) is 0 Å². The average molecular weight is 285 g/mol. The molecule has 3 heterocycles. The summed E-state index contributed by atoms with van der Waals surface area (Å²) in [6.07, 6.45) is 4.24. The number of aryl methyl sites for hydroxylation is 1. The van der Waals surface area contributed by atoms with Crippen LogP contribution in [0.1, 0.15) is 29.6 Å². The minimum Gasteiger partial charge on any atom is -0.325 e. The Morgan fingerprint density at radius 3 is 2.95 bits per heavy atom. The van der Waals surface area contributed by atoms with Crippen LogP contribution in [0.3, 0.4) is 0 Å². The first-order valence-electron chi connectivity index (χ1n) is 6.77. The number of aromatic nitrogens is 4. The van der Waals surface area contributed by atoms with E-state index < -0.39 is 0 Å². The highest BCUT2D eigenvalue weighted by atomic mass is 32.1. The fourth-order valence-corrected chi connectivity index (χ4v) is 3.45. The molecular formula is C14H15N5S. The van der Waals surface area contributed by atoms with Gasteiger partial charge in [0.1, 0.15) is 10.5 Å². The van der Waals surface area contributed by atoms with Gasteiger partial charge in [-0.25, -0.2) is 15.0 Å². The largest absolute Gasteiger partial charge is 0.325 e. The van der Waals surface area contributed by atoms with Crippen molar-refractivity contribution < 1.29 is 0 Å². The maximum atomic E-state index is 5.70. The molecule has 0 spiro atoms. The predicted octanol–water partition coefficient (Wildman–Crippen LogP) is 2.66. The Morgan fingerprint density at radius 2 is 2.25 bits per heavy atom. The topological polar surface area (TPSA) is 69.6 Å². The fourth-order valence-electron chi connectivity index (χ4n) is 2.52. The molecule has 102 valence electrons. The molecule has 0 unspecified atom stereocenters. The molecule has 6 heteroatoms. The van der Waals surface area contributed by atoms with Crippen molar-refractivity contribution in [1.29, 1.82) is 0 Å². The highest BCUT2D eigenvalue weighted by molar-refractivity contribution is 7.15. The minimum absolute atomic E-state index is 0.480. The standard InChI is InChI=1S/C14H15N5S/c1-8-12(20-11(7-15)17-8)14-18-10-3-2-6-16-13(10)19(14)9-4-5-9/h2-3,6,9H,4-5,7,15H2,1H3. The number of nitrogens with two attached hydrogens (primary N) is 1. The van der Waals surface area contributed by atoms with E-state index >= 15 is 0 Å². The zero-order valence-electron chi connectivity index (χ0n) is 11.2. The molecule has 20 heavy (non-hydrogen) atoms. The second-order valence-electron chi connectivity index (χ2n) is 5.11. The predicted molar refractivity (Wildman–Crippen MR) is 79.5 cm³/mol. The van der Waals surface area contributed by atoms with Crippen LogP contribution >= 0.6 is 11.3 Å². The number of hydrogen-bond donors (Lipinski definition) is 1. The summed E-state index contributed by atoms with van der Waals surface area (Å²) in [5.41, 5.74) is 8.64. The molecule has 2 N–H and O–H groups in total. The van der Waals surface area contributed by atoms with Crippen molar-refractivity contribution in [3.8, 4) is 10.7 Å². The third-order valence-corrected chi connectivity index (χ3v) is 4.76. The molecule has 4 rings (SSSR count). The van der Waals surface area contributed by atoms with Crippen LogP contribution in [-0.2, 0) is 6.54 Å². The fraction of sp³-hybridized carbons (Fsp3) is 0.357. The van der Waals surface area contributed by atoms with E-state index in [1.165, 1.54) is 12.8 Å². The highest BCUT2D eigenvalue weighted by Gasteiger charge is 2.30. The summed E-state index contributed by atoms with van der Waals surface area (Å²) < 4.78 is 2.27. The van der Waals surface area contributed by atoms with Crippen LogP contribution in [0.4, 0.5) is 0 Å². The lowest BCUT2D eigenvalue weighted by Gasteiger charge is -2.05. The molecule has 5 nitrogen and oxygen atoms in total. The van der Waals surface area contributed by atoms with Gasteiger partial charge in [0.05, 0.1) is 10.6 Å². The maximum absolute atomic E-state index is 5.70. The first-order chi connectivity index (χ1) is 9.78. The van der Waals surface area contributed by atoms with Gasteiger partial charge in [0.25, 0.3) is 0 Å². The molecule has 0 radical (unpaired) electrons. The van der Waals surface area contributed by atoms with Crippen molar-refractivity contribution in [2.24, 2.45) is 5.73 Å². The third-order valence-electron chi connectivity index (χ3n) is 3.58. The van der Waals surface area contributed by atoms with E-state index in [2.05, 4.69) is 14.5 Å². The van der Waals surface area contributed by atoms with Crippen molar-refractivity contribution in [1.82, 2.24) is 19.5 Å². The van der Waals surface area contributed by atoms with Crippen LogP contribution in [0.25, 0.3) is 21.9 Å². The minimum atomic E-state index is 0.480. The Bertz CT molecular complexity index is 784. The quantitative estimate of drug-likeness (QED) is 0.803. The summed E-state index contributed by atoms with van der Waals surface area (Å²) >= 11 is 1.64. The van der Waals surface area contributed by atoms with Gasteiger partial charge in [0, 0.05) is 18.8 Å². The van der Waals surface area contributed by atoms with E-state index in [4.69, 9.17) is 10.7 Å². The number of rotatable bonds is 3. The zero-order valence-corrected chi connectivity index (χ0v) is 12.0. The van der Waals surface area contributed by atoms with Crippen molar-refractivity contribution in [3.63, 3.8) is 0 Å². The Kier molecular flexibility index (Phi) is 2.61. The van der Waals surface area contributed by atoms with Crippen LogP contribution in [0, 0.1) is 6.92 Å². The van der Waals surface area contributed by atoms with Gasteiger partial charge >= 0.3 is 0 Å².